The van der Waals surface area contributed by atoms with Gasteiger partial charge < -0.3 is 15.4 Å². The van der Waals surface area contributed by atoms with Gasteiger partial charge >= 0.3 is 6.18 Å². The molecular weight excluding hydrogens is 542 g/mol. The molecule has 190 valence electrons. The van der Waals surface area contributed by atoms with E-state index in [2.05, 4.69) is 15.4 Å². The van der Waals surface area contributed by atoms with Crippen molar-refractivity contribution in [1.82, 2.24) is 20.1 Å². The summed E-state index contributed by atoms with van der Waals surface area (Å²) in [5.74, 6) is 0.109. The first-order valence-corrected chi connectivity index (χ1v) is 12.3. The monoisotopic (exact) mass is 559 g/mol. The molecule has 0 unspecified atom stereocenters. The normalized spacial score (nSPS) is 13.7. The molecule has 1 aliphatic rings. The van der Waals surface area contributed by atoms with Gasteiger partial charge in [0.05, 0.1) is 16.3 Å². The van der Waals surface area contributed by atoms with E-state index in [0.29, 0.717) is 5.56 Å². The van der Waals surface area contributed by atoms with Crippen LogP contribution in [0.3, 0.4) is 0 Å². The Labute approximate surface area is 217 Å². The molecule has 36 heavy (non-hydrogen) atoms. The maximum atomic E-state index is 13.4. The fourth-order valence-electron chi connectivity index (χ4n) is 3.27. The zero-order valence-electron chi connectivity index (χ0n) is 18.5. The molecule has 2 N–H and O–H groups in total. The molecule has 0 atom stereocenters. The highest BCUT2D eigenvalue weighted by molar-refractivity contribution is 8.00. The van der Waals surface area contributed by atoms with Gasteiger partial charge in [-0.3, -0.25) is 9.59 Å². The molecule has 14 heteroatoms. The van der Waals surface area contributed by atoms with E-state index in [4.69, 9.17) is 27.9 Å². The molecule has 4 rings (SSSR count). The van der Waals surface area contributed by atoms with Crippen molar-refractivity contribution in [2.75, 3.05) is 23.4 Å². The van der Waals surface area contributed by atoms with E-state index in [1.165, 1.54) is 29.1 Å². The van der Waals surface area contributed by atoms with Gasteiger partial charge in [-0.2, -0.15) is 24.9 Å². The van der Waals surface area contributed by atoms with Crippen LogP contribution in [0.1, 0.15) is 26.4 Å². The average molecular weight is 560 g/mol. The lowest BCUT2D eigenvalue weighted by Crippen LogP contribution is -2.34. The van der Waals surface area contributed by atoms with Gasteiger partial charge in [-0.15, -0.1) is 5.10 Å². The summed E-state index contributed by atoms with van der Waals surface area (Å²) in [6, 6.07) is 7.22. The van der Waals surface area contributed by atoms with E-state index < -0.39 is 24.5 Å². The van der Waals surface area contributed by atoms with Gasteiger partial charge in [0.1, 0.15) is 18.3 Å². The molecule has 2 amide bonds. The lowest BCUT2D eigenvalue weighted by molar-refractivity contribution is -0.123. The summed E-state index contributed by atoms with van der Waals surface area (Å²) in [7, 11) is 0. The first kappa shape index (κ1) is 26.1. The molecule has 0 bridgehead atoms. The highest BCUT2D eigenvalue weighted by Crippen LogP contribution is 2.29. The van der Waals surface area contributed by atoms with Gasteiger partial charge in [-0.05, 0) is 36.8 Å². The van der Waals surface area contributed by atoms with Crippen molar-refractivity contribution in [3.05, 3.63) is 63.4 Å². The topological polar surface area (TPSA) is 98.1 Å². The number of hydrogen-bond acceptors (Lipinski definition) is 6. The number of nitrogens with zero attached hydrogens (tertiary/aromatic N) is 3. The van der Waals surface area contributed by atoms with Crippen molar-refractivity contribution in [3.8, 4) is 11.7 Å². The van der Waals surface area contributed by atoms with Crippen molar-refractivity contribution in [1.29, 1.82) is 0 Å². The standard InChI is InChI=1S/C22H18Cl2F3N5O3S/c1-11-5-12(23)6-14(20(33)29-10-22(25,26)27)18(11)30-21(34)16-7-17(35-13-8-36-9-13)31-32(16)19-15(24)3-2-4-28-19/h2-7,13H,8-10H2,1H3,(H,29,33)(H,30,34). The van der Waals surface area contributed by atoms with E-state index >= 15 is 0 Å². The van der Waals surface area contributed by atoms with Gasteiger partial charge in [0, 0.05) is 28.8 Å². The number of anilines is 1. The quantitative estimate of drug-likeness (QED) is 0.426. The second kappa shape index (κ2) is 10.6. The van der Waals surface area contributed by atoms with Crippen molar-refractivity contribution >= 4 is 52.5 Å². The Bertz CT molecular complexity index is 1310. The Balaban J connectivity index is 1.69. The number of carbonyl (C=O) groups is 2. The van der Waals surface area contributed by atoms with Crippen LogP contribution in [0.4, 0.5) is 18.9 Å². The number of thioether (sulfide) groups is 1. The molecule has 0 spiro atoms. The van der Waals surface area contributed by atoms with Crippen LogP contribution in [0.25, 0.3) is 5.82 Å². The van der Waals surface area contributed by atoms with Crippen molar-refractivity contribution in [3.63, 3.8) is 0 Å². The lowest BCUT2D eigenvalue weighted by atomic mass is 10.1. The molecule has 0 saturated carbocycles. The molecule has 3 aromatic rings. The number of rotatable bonds is 7. The first-order valence-electron chi connectivity index (χ1n) is 10.4. The Morgan fingerprint density at radius 1 is 1.22 bits per heavy atom. The van der Waals surface area contributed by atoms with Crippen LogP contribution in [-0.2, 0) is 0 Å². The molecule has 8 nitrogen and oxygen atoms in total. The predicted molar refractivity (Wildman–Crippen MR) is 131 cm³/mol. The SMILES string of the molecule is Cc1cc(Cl)cc(C(=O)NCC(F)(F)F)c1NC(=O)c1cc(OC2CSC2)nn1-c1ncccc1Cl. The number of pyridine rings is 1. The lowest BCUT2D eigenvalue weighted by Gasteiger charge is -2.24. The van der Waals surface area contributed by atoms with Gasteiger partial charge in [0.25, 0.3) is 11.8 Å². The fraction of sp³-hybridized carbons (Fsp3) is 0.273. The molecule has 1 aromatic carbocycles. The molecule has 0 radical (unpaired) electrons. The van der Waals surface area contributed by atoms with Gasteiger partial charge in [0.2, 0.25) is 5.88 Å². The van der Waals surface area contributed by atoms with E-state index in [-0.39, 0.29) is 44.8 Å². The Morgan fingerprint density at radius 2 is 1.97 bits per heavy atom. The summed E-state index contributed by atoms with van der Waals surface area (Å²) in [5.41, 5.74) is 0.0933. The highest BCUT2D eigenvalue weighted by Gasteiger charge is 2.30. The maximum Gasteiger partial charge on any atom is 0.405 e. The number of hydrogen-bond donors (Lipinski definition) is 2. The predicted octanol–water partition coefficient (Wildman–Crippen LogP) is 4.92. The number of alkyl halides is 3. The second-order valence-electron chi connectivity index (χ2n) is 7.76. The minimum atomic E-state index is -4.61. The summed E-state index contributed by atoms with van der Waals surface area (Å²) in [6.45, 7) is 0.00757. The minimum absolute atomic E-state index is 0.0122. The van der Waals surface area contributed by atoms with Gasteiger partial charge in [-0.1, -0.05) is 23.2 Å². The largest absolute Gasteiger partial charge is 0.472 e. The van der Waals surface area contributed by atoms with Crippen LogP contribution in [-0.4, -0.2) is 56.9 Å². The van der Waals surface area contributed by atoms with Crippen LogP contribution < -0.4 is 15.4 Å². The van der Waals surface area contributed by atoms with E-state index in [9.17, 15) is 22.8 Å². The highest BCUT2D eigenvalue weighted by atomic mass is 35.5. The molecule has 1 saturated heterocycles. The van der Waals surface area contributed by atoms with Crippen LogP contribution in [0.15, 0.2) is 36.5 Å². The maximum absolute atomic E-state index is 13.4. The molecule has 2 aromatic heterocycles. The van der Waals surface area contributed by atoms with Gasteiger partial charge in [0.15, 0.2) is 5.82 Å². The van der Waals surface area contributed by atoms with Crippen molar-refractivity contribution < 1.29 is 27.5 Å². The van der Waals surface area contributed by atoms with Crippen LogP contribution >= 0.6 is 35.0 Å². The number of amides is 2. The fourth-order valence-corrected chi connectivity index (χ4v) is 4.31. The number of halogens is 5. The third kappa shape index (κ3) is 6.05. The number of aromatic nitrogens is 3. The van der Waals surface area contributed by atoms with E-state index in [0.717, 1.165) is 11.5 Å². The molecule has 1 fully saturated rings. The number of benzene rings is 1. The van der Waals surface area contributed by atoms with Crippen molar-refractivity contribution in [2.45, 2.75) is 19.2 Å². The smallest absolute Gasteiger partial charge is 0.405 e. The summed E-state index contributed by atoms with van der Waals surface area (Å²) in [6.07, 6.45) is -3.20. The Morgan fingerprint density at radius 3 is 2.61 bits per heavy atom. The number of aryl methyl sites for hydroxylation is 1. The van der Waals surface area contributed by atoms with Crippen LogP contribution in [0.5, 0.6) is 5.88 Å². The molecule has 3 heterocycles. The molecule has 0 aliphatic carbocycles. The zero-order valence-corrected chi connectivity index (χ0v) is 20.9. The van der Waals surface area contributed by atoms with Gasteiger partial charge in [-0.25, -0.2) is 9.67 Å². The summed E-state index contributed by atoms with van der Waals surface area (Å²) in [4.78, 5) is 30.1. The average Bonchev–Trinajstić information content (AvgIpc) is 3.20. The molecular formula is C22H18Cl2F3N5O3S. The number of nitrogens with one attached hydrogen (secondary N) is 2. The summed E-state index contributed by atoms with van der Waals surface area (Å²) < 4.78 is 44.9. The van der Waals surface area contributed by atoms with E-state index in [1.807, 2.05) is 0 Å². The van der Waals surface area contributed by atoms with E-state index in [1.54, 1.807) is 36.1 Å². The Hall–Kier alpha value is -2.96. The number of ether oxygens (including phenoxy) is 1. The van der Waals surface area contributed by atoms with Crippen molar-refractivity contribution in [2.24, 2.45) is 0 Å². The van der Waals surface area contributed by atoms with Crippen LogP contribution in [0.2, 0.25) is 10.0 Å². The first-order chi connectivity index (χ1) is 17.0. The third-order valence-corrected chi connectivity index (χ3v) is 6.72. The third-order valence-electron chi connectivity index (χ3n) is 4.99. The summed E-state index contributed by atoms with van der Waals surface area (Å²) in [5, 5.41) is 9.04. The molecule has 1 aliphatic heterocycles. The minimum Gasteiger partial charge on any atom is -0.472 e. The second-order valence-corrected chi connectivity index (χ2v) is 9.68. The Kier molecular flexibility index (Phi) is 7.67. The summed E-state index contributed by atoms with van der Waals surface area (Å²) >= 11 is 14.0. The number of carbonyl (C=O) groups excluding carboxylic acids is 2. The van der Waals surface area contributed by atoms with Crippen LogP contribution in [0, 0.1) is 6.92 Å². The zero-order chi connectivity index (χ0) is 26.0.